The molecule has 0 saturated carbocycles. The van der Waals surface area contributed by atoms with Gasteiger partial charge in [-0.1, -0.05) is 97.6 Å². The Morgan fingerprint density at radius 2 is 1.28 bits per heavy atom. The van der Waals surface area contributed by atoms with E-state index >= 15 is 0 Å². The predicted octanol–water partition coefficient (Wildman–Crippen LogP) is 7.06. The lowest BCUT2D eigenvalue weighted by atomic mass is 9.87. The highest BCUT2D eigenvalue weighted by Crippen LogP contribution is 2.22. The number of unbranched alkanes of at least 4 members (excludes halogenated alkanes) is 9. The minimum Gasteiger partial charge on any atom is -0.462 e. The van der Waals surface area contributed by atoms with Gasteiger partial charge in [-0.15, -0.1) is 0 Å². The summed E-state index contributed by atoms with van der Waals surface area (Å²) in [5, 5.41) is 0. The Morgan fingerprint density at radius 1 is 0.800 bits per heavy atom. The second kappa shape index (κ2) is 12.1. The molecule has 0 N–H and O–H groups in total. The summed E-state index contributed by atoms with van der Waals surface area (Å²) in [7, 11) is 0. The van der Waals surface area contributed by atoms with E-state index in [4.69, 9.17) is 4.74 Å². The van der Waals surface area contributed by atoms with Gasteiger partial charge in [-0.25, -0.2) is 4.79 Å². The summed E-state index contributed by atoms with van der Waals surface area (Å²) in [4.78, 5) is 12.0. The summed E-state index contributed by atoms with van der Waals surface area (Å²) in [6, 6.07) is 7.80. The van der Waals surface area contributed by atoms with Gasteiger partial charge in [0.15, 0.2) is 0 Å². The Labute approximate surface area is 155 Å². The second-order valence-corrected chi connectivity index (χ2v) is 8.15. The fraction of sp³-hybridized carbons (Fsp3) is 0.696. The van der Waals surface area contributed by atoms with Gasteiger partial charge >= 0.3 is 5.97 Å². The third kappa shape index (κ3) is 9.67. The van der Waals surface area contributed by atoms with Crippen LogP contribution in [0.2, 0.25) is 0 Å². The number of benzene rings is 1. The number of carbonyl (C=O) groups excluding carboxylic acids is 1. The van der Waals surface area contributed by atoms with Crippen molar-refractivity contribution in [3.63, 3.8) is 0 Å². The van der Waals surface area contributed by atoms with E-state index in [0.717, 1.165) is 12.8 Å². The molecule has 1 aromatic rings. The second-order valence-electron chi connectivity index (χ2n) is 8.15. The average Bonchev–Trinajstić information content (AvgIpc) is 2.59. The molecule has 0 aromatic heterocycles. The molecule has 0 amide bonds. The van der Waals surface area contributed by atoms with Crippen molar-refractivity contribution in [3.05, 3.63) is 35.4 Å². The van der Waals surface area contributed by atoms with E-state index < -0.39 is 0 Å². The lowest BCUT2D eigenvalue weighted by molar-refractivity contribution is 0.0497. The summed E-state index contributed by atoms with van der Waals surface area (Å²) in [5.41, 5.74) is 2.00. The van der Waals surface area contributed by atoms with Crippen molar-refractivity contribution in [1.82, 2.24) is 0 Å². The van der Waals surface area contributed by atoms with Crippen LogP contribution in [0.4, 0.5) is 0 Å². The molecule has 2 heteroatoms. The van der Waals surface area contributed by atoms with Crippen molar-refractivity contribution in [2.75, 3.05) is 6.61 Å². The van der Waals surface area contributed by atoms with Crippen LogP contribution in [-0.2, 0) is 10.2 Å². The quantitative estimate of drug-likeness (QED) is 0.299. The standard InChI is InChI=1S/C23H38O2/c1-5-6-7-8-9-10-11-12-13-14-19-25-22(24)20-15-17-21(18-16-20)23(2,3)4/h15-18H,5-14,19H2,1-4H3. The molecule has 0 aliphatic heterocycles. The van der Waals surface area contributed by atoms with Crippen LogP contribution in [0, 0.1) is 0 Å². The molecule has 0 bridgehead atoms. The maximum atomic E-state index is 12.0. The van der Waals surface area contributed by atoms with E-state index in [1.165, 1.54) is 56.9 Å². The van der Waals surface area contributed by atoms with Crippen LogP contribution in [0.1, 0.15) is 108 Å². The molecule has 2 nitrogen and oxygen atoms in total. The van der Waals surface area contributed by atoms with E-state index in [-0.39, 0.29) is 11.4 Å². The normalized spacial score (nSPS) is 11.5. The molecule has 0 fully saturated rings. The Morgan fingerprint density at radius 3 is 1.76 bits per heavy atom. The Bertz CT molecular complexity index is 468. The molecular weight excluding hydrogens is 308 g/mol. The van der Waals surface area contributed by atoms with E-state index in [0.29, 0.717) is 12.2 Å². The Hall–Kier alpha value is -1.31. The number of hydrogen-bond acceptors (Lipinski definition) is 2. The number of esters is 1. The lowest BCUT2D eigenvalue weighted by Gasteiger charge is -2.18. The fourth-order valence-electron chi connectivity index (χ4n) is 2.94. The van der Waals surface area contributed by atoms with Gasteiger partial charge in [-0.2, -0.15) is 0 Å². The third-order valence-electron chi connectivity index (χ3n) is 4.72. The van der Waals surface area contributed by atoms with Gasteiger partial charge in [0.25, 0.3) is 0 Å². The highest BCUT2D eigenvalue weighted by molar-refractivity contribution is 5.89. The maximum absolute atomic E-state index is 12.0. The molecule has 0 spiro atoms. The van der Waals surface area contributed by atoms with Gasteiger partial charge < -0.3 is 4.74 Å². The van der Waals surface area contributed by atoms with Crippen LogP contribution in [0.3, 0.4) is 0 Å². The van der Waals surface area contributed by atoms with E-state index in [1.807, 2.05) is 24.3 Å². The summed E-state index contributed by atoms with van der Waals surface area (Å²) < 4.78 is 5.39. The molecule has 0 aliphatic rings. The molecule has 1 rings (SSSR count). The van der Waals surface area contributed by atoms with Gasteiger partial charge in [0.1, 0.15) is 0 Å². The van der Waals surface area contributed by atoms with Crippen molar-refractivity contribution in [1.29, 1.82) is 0 Å². The van der Waals surface area contributed by atoms with Crippen LogP contribution in [0.5, 0.6) is 0 Å². The lowest BCUT2D eigenvalue weighted by Crippen LogP contribution is -2.12. The van der Waals surface area contributed by atoms with Crippen molar-refractivity contribution in [2.45, 2.75) is 97.3 Å². The summed E-state index contributed by atoms with van der Waals surface area (Å²) in [6.07, 6.45) is 12.9. The van der Waals surface area contributed by atoms with Gasteiger partial charge in [0.2, 0.25) is 0 Å². The van der Waals surface area contributed by atoms with Crippen LogP contribution in [0.25, 0.3) is 0 Å². The zero-order valence-corrected chi connectivity index (χ0v) is 16.9. The van der Waals surface area contributed by atoms with Crippen LogP contribution >= 0.6 is 0 Å². The van der Waals surface area contributed by atoms with Crippen molar-refractivity contribution in [2.24, 2.45) is 0 Å². The topological polar surface area (TPSA) is 26.3 Å². The monoisotopic (exact) mass is 346 g/mol. The van der Waals surface area contributed by atoms with Gasteiger partial charge in [0.05, 0.1) is 12.2 Å². The molecule has 142 valence electrons. The minimum atomic E-state index is -0.198. The van der Waals surface area contributed by atoms with E-state index in [1.54, 1.807) is 0 Å². The number of hydrogen-bond donors (Lipinski definition) is 0. The first-order chi connectivity index (χ1) is 11.9. The third-order valence-corrected chi connectivity index (χ3v) is 4.72. The van der Waals surface area contributed by atoms with E-state index in [2.05, 4.69) is 27.7 Å². The highest BCUT2D eigenvalue weighted by atomic mass is 16.5. The summed E-state index contributed by atoms with van der Waals surface area (Å²) in [6.45, 7) is 9.31. The molecule has 0 heterocycles. The van der Waals surface area contributed by atoms with Gasteiger partial charge in [-0.05, 0) is 29.5 Å². The predicted molar refractivity (Wildman–Crippen MR) is 107 cm³/mol. The van der Waals surface area contributed by atoms with E-state index in [9.17, 15) is 4.79 Å². The van der Waals surface area contributed by atoms with Crippen molar-refractivity contribution >= 4 is 5.97 Å². The van der Waals surface area contributed by atoms with Crippen LogP contribution in [-0.4, -0.2) is 12.6 Å². The molecule has 0 saturated heterocycles. The highest BCUT2D eigenvalue weighted by Gasteiger charge is 2.14. The van der Waals surface area contributed by atoms with Crippen LogP contribution in [0.15, 0.2) is 24.3 Å². The number of carbonyl (C=O) groups is 1. The van der Waals surface area contributed by atoms with Crippen LogP contribution < -0.4 is 0 Å². The molecular formula is C23H38O2. The molecule has 1 aromatic carbocycles. The maximum Gasteiger partial charge on any atom is 0.338 e. The molecule has 0 atom stereocenters. The molecule has 25 heavy (non-hydrogen) atoms. The first kappa shape index (κ1) is 21.7. The van der Waals surface area contributed by atoms with Gasteiger partial charge in [0, 0.05) is 0 Å². The smallest absolute Gasteiger partial charge is 0.338 e. The zero-order valence-electron chi connectivity index (χ0n) is 16.9. The first-order valence-electron chi connectivity index (χ1n) is 10.2. The molecule has 0 unspecified atom stereocenters. The number of rotatable bonds is 12. The van der Waals surface area contributed by atoms with Crippen molar-refractivity contribution in [3.8, 4) is 0 Å². The largest absolute Gasteiger partial charge is 0.462 e. The Balaban J connectivity index is 2.07. The van der Waals surface area contributed by atoms with Gasteiger partial charge in [-0.3, -0.25) is 0 Å². The Kier molecular flexibility index (Phi) is 10.5. The minimum absolute atomic E-state index is 0.110. The summed E-state index contributed by atoms with van der Waals surface area (Å²) in [5.74, 6) is -0.198. The van der Waals surface area contributed by atoms with Crippen molar-refractivity contribution < 1.29 is 9.53 Å². The molecule has 0 radical (unpaired) electrons. The number of ether oxygens (including phenoxy) is 1. The average molecular weight is 347 g/mol. The SMILES string of the molecule is CCCCCCCCCCCCOC(=O)c1ccc(C(C)(C)C)cc1. The molecule has 0 aliphatic carbocycles. The summed E-state index contributed by atoms with van der Waals surface area (Å²) >= 11 is 0. The fourth-order valence-corrected chi connectivity index (χ4v) is 2.94. The first-order valence-corrected chi connectivity index (χ1v) is 10.2. The zero-order chi connectivity index (χ0) is 18.5.